The second-order valence-electron chi connectivity index (χ2n) is 7.89. The van der Waals surface area contributed by atoms with Crippen molar-refractivity contribution in [1.82, 2.24) is 4.98 Å². The fourth-order valence-electron chi connectivity index (χ4n) is 4.23. The Kier molecular flexibility index (Phi) is 5.27. The average Bonchev–Trinajstić information content (AvgIpc) is 3.26. The molecule has 0 aliphatic carbocycles. The van der Waals surface area contributed by atoms with E-state index in [1.165, 1.54) is 0 Å². The number of fused-ring (bicyclic) bond motifs is 2. The SMILES string of the molecule is COc1cc2cc3c(c(-c4ccc(N(C)c5ccc(C#N)cc5)nc4)c2cc1OC)C(=O)CO3. The van der Waals surface area contributed by atoms with Gasteiger partial charge in [0.05, 0.1) is 31.4 Å². The van der Waals surface area contributed by atoms with E-state index in [0.717, 1.165) is 33.4 Å². The summed E-state index contributed by atoms with van der Waals surface area (Å²) in [4.78, 5) is 19.4. The van der Waals surface area contributed by atoms with Crippen LogP contribution in [0.4, 0.5) is 11.5 Å². The molecule has 1 aliphatic heterocycles. The Bertz CT molecular complexity index is 1460. The summed E-state index contributed by atoms with van der Waals surface area (Å²) in [6, 6.07) is 18.9. The van der Waals surface area contributed by atoms with Crippen molar-refractivity contribution >= 4 is 28.1 Å². The standard InChI is InChI=1S/C27H21N3O4/c1-30(19-7-4-16(13-28)5-8-19)25-9-6-17(14-29-25)26-20-12-23(33-3)22(32-2)10-18(20)11-24-27(26)21(31)15-34-24/h4-12,14H,15H2,1-3H3. The van der Waals surface area contributed by atoms with Crippen molar-refractivity contribution in [2.45, 2.75) is 0 Å². The Morgan fingerprint density at radius 3 is 2.38 bits per heavy atom. The summed E-state index contributed by atoms with van der Waals surface area (Å²) in [7, 11) is 5.08. The van der Waals surface area contributed by atoms with E-state index in [1.54, 1.807) is 32.5 Å². The lowest BCUT2D eigenvalue weighted by Gasteiger charge is -2.19. The number of carbonyl (C=O) groups excluding carboxylic acids is 1. The molecule has 3 aromatic carbocycles. The van der Waals surface area contributed by atoms with Gasteiger partial charge in [0.15, 0.2) is 18.1 Å². The molecule has 7 heteroatoms. The third kappa shape index (κ3) is 3.46. The Morgan fingerprint density at radius 1 is 1.00 bits per heavy atom. The second kappa shape index (κ2) is 8.41. The van der Waals surface area contributed by atoms with Gasteiger partial charge in [-0.15, -0.1) is 0 Å². The molecule has 0 radical (unpaired) electrons. The Labute approximate surface area is 196 Å². The predicted molar refractivity (Wildman–Crippen MR) is 129 cm³/mol. The van der Waals surface area contributed by atoms with Crippen LogP contribution in [-0.4, -0.2) is 38.6 Å². The minimum atomic E-state index is -0.0690. The van der Waals surface area contributed by atoms with Gasteiger partial charge in [0.25, 0.3) is 0 Å². The van der Waals surface area contributed by atoms with Crippen LogP contribution in [0.1, 0.15) is 15.9 Å². The van der Waals surface area contributed by atoms with Crippen LogP contribution in [0.5, 0.6) is 17.2 Å². The van der Waals surface area contributed by atoms with Crippen LogP contribution in [0, 0.1) is 11.3 Å². The maximum Gasteiger partial charge on any atom is 0.204 e. The van der Waals surface area contributed by atoms with Crippen molar-refractivity contribution in [2.75, 3.05) is 32.8 Å². The summed E-state index contributed by atoms with van der Waals surface area (Å²) >= 11 is 0. The molecule has 0 unspecified atom stereocenters. The summed E-state index contributed by atoms with van der Waals surface area (Å²) in [6.07, 6.45) is 1.76. The minimum absolute atomic E-state index is 0.0138. The number of benzene rings is 3. The van der Waals surface area contributed by atoms with E-state index in [2.05, 4.69) is 11.1 Å². The first-order valence-corrected chi connectivity index (χ1v) is 10.6. The van der Waals surface area contributed by atoms with E-state index in [4.69, 9.17) is 19.5 Å². The molecular weight excluding hydrogens is 430 g/mol. The maximum absolute atomic E-state index is 12.8. The van der Waals surface area contributed by atoms with Crippen LogP contribution >= 0.6 is 0 Å². The van der Waals surface area contributed by atoms with Crippen LogP contribution in [0.2, 0.25) is 0 Å². The van der Waals surface area contributed by atoms with Crippen LogP contribution in [-0.2, 0) is 0 Å². The molecule has 4 aromatic rings. The number of nitrogens with zero attached hydrogens (tertiary/aromatic N) is 3. The van der Waals surface area contributed by atoms with Crippen molar-refractivity contribution in [2.24, 2.45) is 0 Å². The molecule has 2 heterocycles. The van der Waals surface area contributed by atoms with E-state index < -0.39 is 0 Å². The number of anilines is 2. The molecule has 1 aromatic heterocycles. The Balaban J connectivity index is 1.63. The van der Waals surface area contributed by atoms with Crippen molar-refractivity contribution in [3.8, 4) is 34.4 Å². The lowest BCUT2D eigenvalue weighted by atomic mass is 9.92. The van der Waals surface area contributed by atoms with Gasteiger partial charge in [0, 0.05) is 30.1 Å². The summed E-state index contributed by atoms with van der Waals surface area (Å²) in [6.45, 7) is 0.0138. The van der Waals surface area contributed by atoms with Gasteiger partial charge in [0.1, 0.15) is 11.6 Å². The molecule has 7 nitrogen and oxygen atoms in total. The van der Waals surface area contributed by atoms with Crippen LogP contribution < -0.4 is 19.1 Å². The number of carbonyl (C=O) groups is 1. The third-order valence-corrected chi connectivity index (χ3v) is 6.01. The number of rotatable bonds is 5. The van der Waals surface area contributed by atoms with Gasteiger partial charge >= 0.3 is 0 Å². The van der Waals surface area contributed by atoms with Gasteiger partial charge in [-0.1, -0.05) is 0 Å². The normalized spacial score (nSPS) is 12.1. The maximum atomic E-state index is 12.8. The largest absolute Gasteiger partial charge is 0.493 e. The first kappa shape index (κ1) is 21.3. The first-order valence-electron chi connectivity index (χ1n) is 10.6. The number of pyridine rings is 1. The zero-order chi connectivity index (χ0) is 23.8. The number of methoxy groups -OCH3 is 2. The van der Waals surface area contributed by atoms with E-state index in [-0.39, 0.29) is 12.4 Å². The number of aromatic nitrogens is 1. The lowest BCUT2D eigenvalue weighted by molar-refractivity contribution is 0.0961. The van der Waals surface area contributed by atoms with Crippen molar-refractivity contribution < 1.29 is 19.0 Å². The summed E-state index contributed by atoms with van der Waals surface area (Å²) in [5, 5.41) is 10.7. The molecule has 0 spiro atoms. The predicted octanol–water partition coefficient (Wildman–Crippen LogP) is 5.13. The highest BCUT2D eigenvalue weighted by Crippen LogP contribution is 2.44. The topological polar surface area (TPSA) is 84.7 Å². The van der Waals surface area contributed by atoms with E-state index >= 15 is 0 Å². The molecule has 34 heavy (non-hydrogen) atoms. The number of hydrogen-bond donors (Lipinski definition) is 0. The van der Waals surface area contributed by atoms with E-state index in [0.29, 0.717) is 28.4 Å². The Morgan fingerprint density at radius 2 is 1.74 bits per heavy atom. The number of hydrogen-bond acceptors (Lipinski definition) is 7. The van der Waals surface area contributed by atoms with Crippen molar-refractivity contribution in [3.63, 3.8) is 0 Å². The number of nitriles is 1. The van der Waals surface area contributed by atoms with Crippen LogP contribution in [0.15, 0.2) is 60.8 Å². The minimum Gasteiger partial charge on any atom is -0.493 e. The van der Waals surface area contributed by atoms with Gasteiger partial charge in [-0.05, 0) is 65.4 Å². The molecule has 0 atom stereocenters. The molecule has 168 valence electrons. The lowest BCUT2D eigenvalue weighted by Crippen LogP contribution is -2.11. The van der Waals surface area contributed by atoms with Gasteiger partial charge in [-0.25, -0.2) is 4.98 Å². The Hall–Kier alpha value is -4.57. The average molecular weight is 451 g/mol. The number of ketones is 1. The monoisotopic (exact) mass is 451 g/mol. The summed E-state index contributed by atoms with van der Waals surface area (Å²) in [5.74, 6) is 2.39. The number of Topliss-reactive ketones (excluding diaryl/α,β-unsaturated/α-hetero) is 1. The van der Waals surface area contributed by atoms with Gasteiger partial charge in [-0.2, -0.15) is 5.26 Å². The zero-order valence-corrected chi connectivity index (χ0v) is 19.0. The first-order chi connectivity index (χ1) is 16.5. The molecule has 0 N–H and O–H groups in total. The summed E-state index contributed by atoms with van der Waals surface area (Å²) in [5.41, 5.74) is 3.62. The molecular formula is C27H21N3O4. The second-order valence-corrected chi connectivity index (χ2v) is 7.89. The molecule has 0 amide bonds. The zero-order valence-electron chi connectivity index (χ0n) is 19.0. The van der Waals surface area contributed by atoms with Crippen LogP contribution in [0.25, 0.3) is 21.9 Å². The van der Waals surface area contributed by atoms with E-state index in [9.17, 15) is 4.79 Å². The van der Waals surface area contributed by atoms with Gasteiger partial charge < -0.3 is 19.1 Å². The van der Waals surface area contributed by atoms with Gasteiger partial charge in [-0.3, -0.25) is 4.79 Å². The third-order valence-electron chi connectivity index (χ3n) is 6.01. The molecule has 1 aliphatic rings. The summed E-state index contributed by atoms with van der Waals surface area (Å²) < 4.78 is 16.7. The molecule has 0 saturated heterocycles. The molecule has 0 saturated carbocycles. The van der Waals surface area contributed by atoms with Crippen LogP contribution in [0.3, 0.4) is 0 Å². The molecule has 0 fully saturated rings. The highest BCUT2D eigenvalue weighted by atomic mass is 16.5. The quantitative estimate of drug-likeness (QED) is 0.416. The fraction of sp³-hybridized carbons (Fsp3) is 0.148. The fourth-order valence-corrected chi connectivity index (χ4v) is 4.23. The molecule has 5 rings (SSSR count). The number of ether oxygens (including phenoxy) is 3. The highest BCUT2D eigenvalue weighted by Gasteiger charge is 2.28. The van der Waals surface area contributed by atoms with Crippen molar-refractivity contribution in [3.05, 3.63) is 71.9 Å². The smallest absolute Gasteiger partial charge is 0.204 e. The van der Waals surface area contributed by atoms with E-state index in [1.807, 2.05) is 54.4 Å². The molecule has 0 bridgehead atoms. The highest BCUT2D eigenvalue weighted by molar-refractivity contribution is 6.15. The van der Waals surface area contributed by atoms with Crippen molar-refractivity contribution in [1.29, 1.82) is 5.26 Å². The van der Waals surface area contributed by atoms with Gasteiger partial charge in [0.2, 0.25) is 5.78 Å².